The van der Waals surface area contributed by atoms with Crippen LogP contribution in [0.4, 0.5) is 0 Å². The van der Waals surface area contributed by atoms with Crippen LogP contribution in [0.3, 0.4) is 0 Å². The molecule has 100 valence electrons. The largest absolute Gasteiger partial charge is 0.381 e. The van der Waals surface area contributed by atoms with Crippen LogP contribution in [0.15, 0.2) is 12.4 Å². The number of aromatic nitrogens is 2. The zero-order valence-corrected chi connectivity index (χ0v) is 10.5. The third-order valence-corrected chi connectivity index (χ3v) is 3.24. The van der Waals surface area contributed by atoms with Crippen molar-refractivity contribution in [1.29, 1.82) is 0 Å². The van der Waals surface area contributed by atoms with Crippen LogP contribution in [0.2, 0.25) is 0 Å². The number of carbonyl (C=O) groups excluding carboxylic acids is 1. The van der Waals surface area contributed by atoms with Gasteiger partial charge in [-0.25, -0.2) is 4.98 Å². The van der Waals surface area contributed by atoms with E-state index in [0.29, 0.717) is 18.3 Å². The maximum Gasteiger partial charge on any atom is 0.284 e. The number of nitrogens with one attached hydrogen (secondary N) is 1. The number of ether oxygens (including phenoxy) is 1. The normalized spacial score (nSPS) is 16.9. The molecule has 18 heavy (non-hydrogen) atoms. The van der Waals surface area contributed by atoms with Gasteiger partial charge < -0.3 is 20.4 Å². The van der Waals surface area contributed by atoms with E-state index in [-0.39, 0.29) is 0 Å². The number of amides is 1. The molecule has 0 radical (unpaired) electrons. The first-order chi connectivity index (χ1) is 8.77. The van der Waals surface area contributed by atoms with Crippen molar-refractivity contribution in [3.63, 3.8) is 0 Å². The monoisotopic (exact) mass is 252 g/mol. The van der Waals surface area contributed by atoms with Crippen molar-refractivity contribution < 1.29 is 9.53 Å². The van der Waals surface area contributed by atoms with E-state index in [2.05, 4.69) is 10.3 Å². The third kappa shape index (κ3) is 3.54. The molecule has 0 unspecified atom stereocenters. The van der Waals surface area contributed by atoms with Gasteiger partial charge in [-0.1, -0.05) is 0 Å². The molecule has 0 bridgehead atoms. The molecule has 0 spiro atoms. The molecular formula is C12H20N4O2. The first-order valence-electron chi connectivity index (χ1n) is 6.37. The van der Waals surface area contributed by atoms with E-state index in [0.717, 1.165) is 39.1 Å². The van der Waals surface area contributed by atoms with E-state index >= 15 is 0 Å². The van der Waals surface area contributed by atoms with Crippen LogP contribution < -0.4 is 11.1 Å². The summed E-state index contributed by atoms with van der Waals surface area (Å²) in [5.74, 6) is 0.546. The Hall–Kier alpha value is -1.40. The summed E-state index contributed by atoms with van der Waals surface area (Å²) >= 11 is 0. The SMILES string of the molecule is NC(=O)c1nccn1CCNCC1CCOCC1. The van der Waals surface area contributed by atoms with Crippen LogP contribution in [0.1, 0.15) is 23.5 Å². The summed E-state index contributed by atoms with van der Waals surface area (Å²) < 4.78 is 7.09. The fourth-order valence-electron chi connectivity index (χ4n) is 2.17. The number of hydrogen-bond donors (Lipinski definition) is 2. The van der Waals surface area contributed by atoms with Gasteiger partial charge in [-0.3, -0.25) is 4.79 Å². The van der Waals surface area contributed by atoms with Gasteiger partial charge in [-0.2, -0.15) is 0 Å². The van der Waals surface area contributed by atoms with E-state index in [1.165, 1.54) is 0 Å². The second-order valence-electron chi connectivity index (χ2n) is 4.57. The molecule has 1 aromatic rings. The number of imidazole rings is 1. The van der Waals surface area contributed by atoms with E-state index < -0.39 is 5.91 Å². The highest BCUT2D eigenvalue weighted by atomic mass is 16.5. The molecule has 3 N–H and O–H groups in total. The first kappa shape index (κ1) is 13.0. The summed E-state index contributed by atoms with van der Waals surface area (Å²) in [6.45, 7) is 4.28. The third-order valence-electron chi connectivity index (χ3n) is 3.24. The molecule has 1 aromatic heterocycles. The Bertz CT molecular complexity index is 385. The zero-order chi connectivity index (χ0) is 12.8. The van der Waals surface area contributed by atoms with Gasteiger partial charge >= 0.3 is 0 Å². The molecule has 1 saturated heterocycles. The summed E-state index contributed by atoms with van der Waals surface area (Å²) in [7, 11) is 0. The van der Waals surface area contributed by atoms with Crippen LogP contribution >= 0.6 is 0 Å². The molecule has 6 nitrogen and oxygen atoms in total. The van der Waals surface area contributed by atoms with Gasteiger partial charge in [0.05, 0.1) is 0 Å². The van der Waals surface area contributed by atoms with Gasteiger partial charge in [-0.05, 0) is 25.3 Å². The number of nitrogens with zero attached hydrogens (tertiary/aromatic N) is 2. The number of primary amides is 1. The Morgan fingerprint density at radius 2 is 2.33 bits per heavy atom. The van der Waals surface area contributed by atoms with Crippen molar-refractivity contribution in [2.45, 2.75) is 19.4 Å². The summed E-state index contributed by atoms with van der Waals surface area (Å²) in [6, 6.07) is 0. The van der Waals surface area contributed by atoms with Crippen LogP contribution in [0.5, 0.6) is 0 Å². The molecule has 0 atom stereocenters. The van der Waals surface area contributed by atoms with Gasteiger partial charge in [0.25, 0.3) is 5.91 Å². The molecule has 0 saturated carbocycles. The van der Waals surface area contributed by atoms with Gasteiger partial charge in [0.15, 0.2) is 5.82 Å². The fraction of sp³-hybridized carbons (Fsp3) is 0.667. The average Bonchev–Trinajstić information content (AvgIpc) is 2.84. The second kappa shape index (κ2) is 6.51. The Morgan fingerprint density at radius 1 is 1.56 bits per heavy atom. The number of nitrogens with two attached hydrogens (primary N) is 1. The summed E-state index contributed by atoms with van der Waals surface area (Å²) in [5.41, 5.74) is 5.22. The smallest absolute Gasteiger partial charge is 0.284 e. The number of rotatable bonds is 6. The number of hydrogen-bond acceptors (Lipinski definition) is 4. The lowest BCUT2D eigenvalue weighted by atomic mass is 10.0. The first-order valence-corrected chi connectivity index (χ1v) is 6.37. The molecule has 1 aliphatic rings. The van der Waals surface area contributed by atoms with E-state index in [9.17, 15) is 4.79 Å². The fourth-order valence-corrected chi connectivity index (χ4v) is 2.17. The molecule has 1 aliphatic heterocycles. The molecule has 0 aliphatic carbocycles. The minimum absolute atomic E-state index is 0.322. The van der Waals surface area contributed by atoms with Gasteiger partial charge in [0, 0.05) is 38.7 Å². The van der Waals surface area contributed by atoms with Crippen LogP contribution in [0.25, 0.3) is 0 Å². The van der Waals surface area contributed by atoms with Crippen molar-refractivity contribution in [3.05, 3.63) is 18.2 Å². The maximum atomic E-state index is 11.1. The zero-order valence-electron chi connectivity index (χ0n) is 10.5. The molecule has 6 heteroatoms. The van der Waals surface area contributed by atoms with Crippen molar-refractivity contribution in [2.24, 2.45) is 11.7 Å². The highest BCUT2D eigenvalue weighted by Crippen LogP contribution is 2.12. The van der Waals surface area contributed by atoms with Crippen molar-refractivity contribution in [3.8, 4) is 0 Å². The highest BCUT2D eigenvalue weighted by Gasteiger charge is 2.13. The van der Waals surface area contributed by atoms with Gasteiger partial charge in [-0.15, -0.1) is 0 Å². The topological polar surface area (TPSA) is 82.2 Å². The van der Waals surface area contributed by atoms with E-state index in [1.54, 1.807) is 17.0 Å². The lowest BCUT2D eigenvalue weighted by Crippen LogP contribution is -2.30. The highest BCUT2D eigenvalue weighted by molar-refractivity contribution is 5.89. The van der Waals surface area contributed by atoms with E-state index in [1.807, 2.05) is 0 Å². The Balaban J connectivity index is 1.68. The van der Waals surface area contributed by atoms with Crippen LogP contribution in [-0.4, -0.2) is 41.8 Å². The lowest BCUT2D eigenvalue weighted by Gasteiger charge is -2.22. The molecular weight excluding hydrogens is 232 g/mol. The van der Waals surface area contributed by atoms with Gasteiger partial charge in [0.1, 0.15) is 0 Å². The Labute approximate surface area is 107 Å². The maximum absolute atomic E-state index is 11.1. The van der Waals surface area contributed by atoms with Crippen molar-refractivity contribution in [1.82, 2.24) is 14.9 Å². The standard InChI is InChI=1S/C12H20N4O2/c13-11(17)12-15-4-6-16(12)5-3-14-9-10-1-7-18-8-2-10/h4,6,10,14H,1-3,5,7-9H2,(H2,13,17). The molecule has 0 aromatic carbocycles. The Morgan fingerprint density at radius 3 is 3.06 bits per heavy atom. The summed E-state index contributed by atoms with van der Waals surface area (Å²) in [5, 5.41) is 3.40. The second-order valence-corrected chi connectivity index (χ2v) is 4.57. The van der Waals surface area contributed by atoms with Crippen LogP contribution in [0, 0.1) is 5.92 Å². The Kier molecular flexibility index (Phi) is 4.72. The van der Waals surface area contributed by atoms with Gasteiger partial charge in [0.2, 0.25) is 0 Å². The summed E-state index contributed by atoms with van der Waals surface area (Å²) in [4.78, 5) is 15.0. The van der Waals surface area contributed by atoms with Crippen LogP contribution in [-0.2, 0) is 11.3 Å². The minimum atomic E-state index is -0.482. The molecule has 1 fully saturated rings. The van der Waals surface area contributed by atoms with Crippen molar-refractivity contribution >= 4 is 5.91 Å². The number of carbonyl (C=O) groups is 1. The molecule has 1 amide bonds. The van der Waals surface area contributed by atoms with Crippen molar-refractivity contribution in [2.75, 3.05) is 26.3 Å². The quantitative estimate of drug-likeness (QED) is 0.698. The lowest BCUT2D eigenvalue weighted by molar-refractivity contribution is 0.0663. The molecule has 2 rings (SSSR count). The van der Waals surface area contributed by atoms with E-state index in [4.69, 9.17) is 10.5 Å². The average molecular weight is 252 g/mol. The predicted octanol–water partition coefficient (Wildman–Crippen LogP) is -0.00180. The minimum Gasteiger partial charge on any atom is -0.381 e. The summed E-state index contributed by atoms with van der Waals surface area (Å²) in [6.07, 6.45) is 5.63. The predicted molar refractivity (Wildman–Crippen MR) is 67.2 cm³/mol. The molecule has 2 heterocycles.